The Hall–Kier alpha value is -2.54. The van der Waals surface area contributed by atoms with Crippen LogP contribution in [0.2, 0.25) is 5.02 Å². The van der Waals surface area contributed by atoms with Crippen LogP contribution in [0.15, 0.2) is 18.2 Å². The van der Waals surface area contributed by atoms with Gasteiger partial charge in [0, 0.05) is 18.6 Å². The standard InChI is InChI=1S/C26H37ClN4O3/c1-16-9-7-11-19-21(24(32)30-22(25(33)28-5)26(2,3)4)29-23(31(19)14-8-10-16)18-15-17(27)12-13-20(18)34-6/h12-13,15-16,22H,7-11,14H2,1-6H3,(H,28,33)(H,30,32)/t16?,22-/m1/s1. The number of rotatable bonds is 5. The fourth-order valence-corrected chi connectivity index (χ4v) is 4.77. The van der Waals surface area contributed by atoms with Gasteiger partial charge in [-0.15, -0.1) is 0 Å². The Balaban J connectivity index is 2.12. The first kappa shape index (κ1) is 26.1. The van der Waals surface area contributed by atoms with E-state index in [9.17, 15) is 9.59 Å². The molecule has 2 aromatic rings. The van der Waals surface area contributed by atoms with Crippen molar-refractivity contribution < 1.29 is 14.3 Å². The number of carbonyl (C=O) groups excluding carboxylic acids is 2. The predicted molar refractivity (Wildman–Crippen MR) is 135 cm³/mol. The summed E-state index contributed by atoms with van der Waals surface area (Å²) in [5, 5.41) is 6.19. The molecule has 8 heteroatoms. The van der Waals surface area contributed by atoms with Crippen LogP contribution in [0.25, 0.3) is 11.4 Å². The number of methoxy groups -OCH3 is 1. The third-order valence-corrected chi connectivity index (χ3v) is 6.76. The minimum Gasteiger partial charge on any atom is -0.496 e. The first-order valence-electron chi connectivity index (χ1n) is 12.0. The summed E-state index contributed by atoms with van der Waals surface area (Å²) in [6.07, 6.45) is 4.92. The number of imidazole rings is 1. The van der Waals surface area contributed by atoms with Gasteiger partial charge in [0.2, 0.25) is 5.91 Å². The third kappa shape index (κ3) is 5.74. The first-order chi connectivity index (χ1) is 16.1. The predicted octanol–water partition coefficient (Wildman–Crippen LogP) is 4.86. The van der Waals surface area contributed by atoms with Gasteiger partial charge >= 0.3 is 0 Å². The molecule has 0 saturated carbocycles. The Morgan fingerprint density at radius 3 is 2.59 bits per heavy atom. The van der Waals surface area contributed by atoms with E-state index in [-0.39, 0.29) is 11.8 Å². The molecule has 186 valence electrons. The van der Waals surface area contributed by atoms with Crippen LogP contribution >= 0.6 is 11.6 Å². The van der Waals surface area contributed by atoms with Crippen molar-refractivity contribution in [3.8, 4) is 17.1 Å². The molecule has 0 aliphatic carbocycles. The Labute approximate surface area is 207 Å². The van der Waals surface area contributed by atoms with Crippen molar-refractivity contribution in [3.05, 3.63) is 34.6 Å². The van der Waals surface area contributed by atoms with Gasteiger partial charge in [0.1, 0.15) is 23.3 Å². The number of amides is 2. The maximum absolute atomic E-state index is 13.6. The number of fused-ring (bicyclic) bond motifs is 1. The lowest BCUT2D eigenvalue weighted by Crippen LogP contribution is -2.53. The second-order valence-corrected chi connectivity index (χ2v) is 10.7. The van der Waals surface area contributed by atoms with Gasteiger partial charge in [-0.05, 0) is 55.2 Å². The van der Waals surface area contributed by atoms with Gasteiger partial charge in [-0.25, -0.2) is 4.98 Å². The van der Waals surface area contributed by atoms with Gasteiger partial charge in [-0.2, -0.15) is 0 Å². The van der Waals surface area contributed by atoms with Gasteiger partial charge in [0.15, 0.2) is 0 Å². The van der Waals surface area contributed by atoms with E-state index in [0.29, 0.717) is 28.2 Å². The van der Waals surface area contributed by atoms with Crippen LogP contribution in [0.1, 0.15) is 69.6 Å². The lowest BCUT2D eigenvalue weighted by Gasteiger charge is -2.29. The molecular weight excluding hydrogens is 452 g/mol. The van der Waals surface area contributed by atoms with E-state index >= 15 is 0 Å². The van der Waals surface area contributed by atoms with Crippen LogP contribution in [0.5, 0.6) is 5.75 Å². The van der Waals surface area contributed by atoms with Crippen LogP contribution in [0.4, 0.5) is 0 Å². The van der Waals surface area contributed by atoms with Crippen LogP contribution in [-0.2, 0) is 17.8 Å². The second-order valence-electron chi connectivity index (χ2n) is 10.3. The number of likely N-dealkylation sites (N-methyl/N-ethyl adjacent to an activating group) is 1. The fraction of sp³-hybridized carbons (Fsp3) is 0.577. The number of hydrogen-bond donors (Lipinski definition) is 2. The summed E-state index contributed by atoms with van der Waals surface area (Å²) in [6.45, 7) is 8.82. The minimum absolute atomic E-state index is 0.231. The summed E-state index contributed by atoms with van der Waals surface area (Å²) in [5.74, 6) is 1.38. The number of benzene rings is 1. The normalized spacial score (nSPS) is 17.6. The van der Waals surface area contributed by atoms with Crippen LogP contribution in [0.3, 0.4) is 0 Å². The summed E-state index contributed by atoms with van der Waals surface area (Å²) >= 11 is 6.33. The van der Waals surface area contributed by atoms with Gasteiger partial charge in [-0.1, -0.05) is 45.7 Å². The highest BCUT2D eigenvalue weighted by molar-refractivity contribution is 6.31. The van der Waals surface area contributed by atoms with E-state index in [2.05, 4.69) is 22.1 Å². The molecule has 0 radical (unpaired) electrons. The van der Waals surface area contributed by atoms with Crippen molar-refractivity contribution in [2.75, 3.05) is 14.2 Å². The van der Waals surface area contributed by atoms with Crippen molar-refractivity contribution in [2.45, 2.75) is 72.4 Å². The molecule has 1 unspecified atom stereocenters. The molecule has 0 spiro atoms. The van der Waals surface area contributed by atoms with E-state index in [1.165, 1.54) is 0 Å². The summed E-state index contributed by atoms with van der Waals surface area (Å²) in [4.78, 5) is 31.0. The topological polar surface area (TPSA) is 85.2 Å². The summed E-state index contributed by atoms with van der Waals surface area (Å²) in [6, 6.07) is 4.73. The van der Waals surface area contributed by atoms with E-state index in [1.807, 2.05) is 32.9 Å². The molecule has 1 aliphatic heterocycles. The molecule has 1 aromatic carbocycles. The molecular formula is C26H37ClN4O3. The molecule has 2 N–H and O–H groups in total. The Kier molecular flexibility index (Phi) is 8.29. The van der Waals surface area contributed by atoms with E-state index < -0.39 is 11.5 Å². The highest BCUT2D eigenvalue weighted by atomic mass is 35.5. The number of nitrogens with one attached hydrogen (secondary N) is 2. The SMILES string of the molecule is CNC(=O)[C@@H](NC(=O)c1nc(-c2cc(Cl)ccc2OC)n2c1CCCC(C)CCC2)C(C)(C)C. The molecule has 2 atom stereocenters. The summed E-state index contributed by atoms with van der Waals surface area (Å²) < 4.78 is 7.75. The first-order valence-corrected chi connectivity index (χ1v) is 12.4. The number of ether oxygens (including phenoxy) is 1. The molecule has 2 amide bonds. The molecule has 0 bridgehead atoms. The molecule has 0 fully saturated rings. The highest BCUT2D eigenvalue weighted by Gasteiger charge is 2.34. The van der Waals surface area contributed by atoms with Crippen LogP contribution in [-0.4, -0.2) is 41.6 Å². The van der Waals surface area contributed by atoms with Crippen molar-refractivity contribution in [3.63, 3.8) is 0 Å². The lowest BCUT2D eigenvalue weighted by atomic mass is 9.86. The maximum Gasteiger partial charge on any atom is 0.272 e. The summed E-state index contributed by atoms with van der Waals surface area (Å²) in [7, 11) is 3.19. The van der Waals surface area contributed by atoms with Crippen molar-refractivity contribution in [1.82, 2.24) is 20.2 Å². The zero-order valence-electron chi connectivity index (χ0n) is 21.1. The number of hydrogen-bond acceptors (Lipinski definition) is 4. The summed E-state index contributed by atoms with van der Waals surface area (Å²) in [5.41, 5.74) is 1.55. The van der Waals surface area contributed by atoms with Gasteiger partial charge in [0.05, 0.1) is 18.4 Å². The number of carbonyl (C=O) groups is 2. The van der Waals surface area contributed by atoms with Gasteiger partial charge in [-0.3, -0.25) is 9.59 Å². The Morgan fingerprint density at radius 2 is 1.94 bits per heavy atom. The van der Waals surface area contributed by atoms with Crippen molar-refractivity contribution in [1.29, 1.82) is 0 Å². The molecule has 3 rings (SSSR count). The Morgan fingerprint density at radius 1 is 1.24 bits per heavy atom. The largest absolute Gasteiger partial charge is 0.496 e. The lowest BCUT2D eigenvalue weighted by molar-refractivity contribution is -0.124. The van der Waals surface area contributed by atoms with Crippen molar-refractivity contribution in [2.24, 2.45) is 11.3 Å². The van der Waals surface area contributed by atoms with E-state index in [1.54, 1.807) is 20.2 Å². The van der Waals surface area contributed by atoms with E-state index in [0.717, 1.165) is 49.9 Å². The molecule has 2 heterocycles. The zero-order valence-corrected chi connectivity index (χ0v) is 21.9. The monoisotopic (exact) mass is 488 g/mol. The average Bonchev–Trinajstić information content (AvgIpc) is 3.17. The average molecular weight is 489 g/mol. The molecule has 34 heavy (non-hydrogen) atoms. The maximum atomic E-state index is 13.6. The fourth-order valence-electron chi connectivity index (χ4n) is 4.60. The number of aromatic nitrogens is 2. The molecule has 0 saturated heterocycles. The smallest absolute Gasteiger partial charge is 0.272 e. The van der Waals surface area contributed by atoms with Gasteiger partial charge in [0.25, 0.3) is 5.91 Å². The molecule has 1 aliphatic rings. The third-order valence-electron chi connectivity index (χ3n) is 6.53. The number of halogens is 1. The van der Waals surface area contributed by atoms with Crippen molar-refractivity contribution >= 4 is 23.4 Å². The number of nitrogens with zero attached hydrogens (tertiary/aromatic N) is 2. The minimum atomic E-state index is -0.692. The molecule has 7 nitrogen and oxygen atoms in total. The Bertz CT molecular complexity index is 1040. The second kappa shape index (κ2) is 10.8. The van der Waals surface area contributed by atoms with Crippen LogP contribution < -0.4 is 15.4 Å². The van der Waals surface area contributed by atoms with Crippen LogP contribution in [0, 0.1) is 11.3 Å². The quantitative estimate of drug-likeness (QED) is 0.629. The molecule has 1 aromatic heterocycles. The highest BCUT2D eigenvalue weighted by Crippen LogP contribution is 2.35. The van der Waals surface area contributed by atoms with E-state index in [4.69, 9.17) is 21.3 Å². The van der Waals surface area contributed by atoms with Gasteiger partial charge < -0.3 is 19.9 Å². The zero-order chi connectivity index (χ0) is 25.0.